The molecule has 1 unspecified atom stereocenters. The highest BCUT2D eigenvalue weighted by Crippen LogP contribution is 2.30. The maximum absolute atomic E-state index is 12.4. The van der Waals surface area contributed by atoms with Crippen LogP contribution in [0.2, 0.25) is 0 Å². The van der Waals surface area contributed by atoms with Gasteiger partial charge in [-0.25, -0.2) is 4.98 Å². The number of amides is 1. The number of nitrogens with one attached hydrogen (secondary N) is 1. The first-order valence-corrected chi connectivity index (χ1v) is 7.07. The molecule has 18 heavy (non-hydrogen) atoms. The summed E-state index contributed by atoms with van der Waals surface area (Å²) in [4.78, 5) is 16.6. The Morgan fingerprint density at radius 3 is 2.50 bits per heavy atom. The van der Waals surface area contributed by atoms with Crippen LogP contribution in [0.15, 0.2) is 11.6 Å². The molecule has 0 aliphatic carbocycles. The molecule has 0 fully saturated rings. The van der Waals surface area contributed by atoms with E-state index in [1.165, 1.54) is 0 Å². The summed E-state index contributed by atoms with van der Waals surface area (Å²) < 4.78 is 0. The Morgan fingerprint density at radius 1 is 1.50 bits per heavy atom. The van der Waals surface area contributed by atoms with Gasteiger partial charge in [0.15, 0.2) is 0 Å². The lowest BCUT2D eigenvalue weighted by molar-refractivity contribution is -0.133. The molecule has 4 nitrogen and oxygen atoms in total. The van der Waals surface area contributed by atoms with Gasteiger partial charge in [0.05, 0.1) is 11.5 Å². The fraction of sp³-hybridized carbons (Fsp3) is 0.692. The highest BCUT2D eigenvalue weighted by atomic mass is 32.1. The van der Waals surface area contributed by atoms with Crippen molar-refractivity contribution in [1.29, 1.82) is 0 Å². The van der Waals surface area contributed by atoms with Gasteiger partial charge in [0, 0.05) is 17.1 Å². The normalized spacial score (nSPS) is 14.3. The molecule has 0 saturated heterocycles. The fourth-order valence-corrected chi connectivity index (χ4v) is 2.15. The van der Waals surface area contributed by atoms with E-state index in [-0.39, 0.29) is 11.9 Å². The van der Waals surface area contributed by atoms with Crippen LogP contribution in [0.3, 0.4) is 0 Å². The summed E-state index contributed by atoms with van der Waals surface area (Å²) in [6.45, 7) is 9.52. The predicted molar refractivity (Wildman–Crippen MR) is 75.3 cm³/mol. The van der Waals surface area contributed by atoms with Crippen LogP contribution in [0.4, 0.5) is 0 Å². The zero-order valence-electron chi connectivity index (χ0n) is 11.8. The Hall–Kier alpha value is -0.940. The third kappa shape index (κ3) is 3.09. The summed E-state index contributed by atoms with van der Waals surface area (Å²) in [5.74, 6) is -0.0305. The second-order valence-corrected chi connectivity index (χ2v) is 6.58. The Labute approximate surface area is 113 Å². The third-order valence-electron chi connectivity index (χ3n) is 3.64. The minimum Gasteiger partial charge on any atom is -0.346 e. The molecule has 0 aliphatic rings. The largest absolute Gasteiger partial charge is 0.346 e. The van der Waals surface area contributed by atoms with Crippen molar-refractivity contribution in [2.75, 3.05) is 0 Å². The van der Waals surface area contributed by atoms with Gasteiger partial charge in [-0.2, -0.15) is 0 Å². The van der Waals surface area contributed by atoms with Gasteiger partial charge in [0.1, 0.15) is 5.01 Å². The average Bonchev–Trinajstić information content (AvgIpc) is 2.76. The Kier molecular flexibility index (Phi) is 4.50. The second-order valence-electron chi connectivity index (χ2n) is 5.65. The van der Waals surface area contributed by atoms with Gasteiger partial charge in [-0.15, -0.1) is 11.3 Å². The first kappa shape index (κ1) is 15.1. The molecule has 0 radical (unpaired) electrons. The van der Waals surface area contributed by atoms with Crippen molar-refractivity contribution in [1.82, 2.24) is 10.3 Å². The van der Waals surface area contributed by atoms with Crippen molar-refractivity contribution in [3.8, 4) is 0 Å². The molecule has 0 spiro atoms. The number of thiazole rings is 1. The molecule has 3 N–H and O–H groups in total. The summed E-state index contributed by atoms with van der Waals surface area (Å²) >= 11 is 1.56. The number of nitrogens with two attached hydrogens (primary N) is 1. The van der Waals surface area contributed by atoms with E-state index in [1.54, 1.807) is 17.5 Å². The Morgan fingerprint density at radius 2 is 2.11 bits per heavy atom. The van der Waals surface area contributed by atoms with Gasteiger partial charge >= 0.3 is 0 Å². The van der Waals surface area contributed by atoms with E-state index in [2.05, 4.69) is 10.3 Å². The van der Waals surface area contributed by atoms with Crippen LogP contribution in [0.25, 0.3) is 0 Å². The second kappa shape index (κ2) is 5.36. The van der Waals surface area contributed by atoms with Gasteiger partial charge in [-0.3, -0.25) is 4.79 Å². The van der Waals surface area contributed by atoms with E-state index in [1.807, 2.05) is 40.0 Å². The van der Waals surface area contributed by atoms with Gasteiger partial charge in [-0.1, -0.05) is 6.92 Å². The van der Waals surface area contributed by atoms with Crippen LogP contribution in [-0.2, 0) is 4.79 Å². The summed E-state index contributed by atoms with van der Waals surface area (Å²) in [5, 5.41) is 5.90. The molecule has 5 heteroatoms. The third-order valence-corrected chi connectivity index (χ3v) is 4.53. The molecule has 0 aliphatic heterocycles. The van der Waals surface area contributed by atoms with E-state index in [0.717, 1.165) is 11.4 Å². The van der Waals surface area contributed by atoms with Crippen LogP contribution < -0.4 is 11.1 Å². The van der Waals surface area contributed by atoms with Crippen molar-refractivity contribution < 1.29 is 4.79 Å². The summed E-state index contributed by atoms with van der Waals surface area (Å²) in [6.07, 6.45) is 2.58. The Bertz CT molecular complexity index is 393. The quantitative estimate of drug-likeness (QED) is 0.863. The standard InChI is InChI=1S/C13H23N3OS/c1-6-9(10-15-7-8-18-10)16-11(17)12(2,3)13(4,5)14/h7-9H,6,14H2,1-5H3,(H,16,17). The minimum atomic E-state index is -0.627. The zero-order valence-corrected chi connectivity index (χ0v) is 12.6. The first-order valence-electron chi connectivity index (χ1n) is 6.19. The SMILES string of the molecule is CCC(NC(=O)C(C)(C)C(C)(C)N)c1nccs1. The van der Waals surface area contributed by atoms with Crippen LogP contribution in [-0.4, -0.2) is 16.4 Å². The van der Waals surface area contributed by atoms with Crippen molar-refractivity contribution in [2.45, 2.75) is 52.6 Å². The molecule has 1 amide bonds. The fourth-order valence-electron chi connectivity index (χ4n) is 1.38. The maximum atomic E-state index is 12.4. The van der Waals surface area contributed by atoms with Gasteiger partial charge in [0.25, 0.3) is 0 Å². The molecule has 0 bridgehead atoms. The van der Waals surface area contributed by atoms with Crippen molar-refractivity contribution in [3.63, 3.8) is 0 Å². The van der Waals surface area contributed by atoms with Gasteiger partial charge < -0.3 is 11.1 Å². The molecule has 1 rings (SSSR count). The average molecular weight is 269 g/mol. The molecule has 1 aromatic heterocycles. The van der Waals surface area contributed by atoms with E-state index >= 15 is 0 Å². The smallest absolute Gasteiger partial charge is 0.228 e. The lowest BCUT2D eigenvalue weighted by atomic mass is 9.74. The van der Waals surface area contributed by atoms with Crippen molar-refractivity contribution in [2.24, 2.45) is 11.1 Å². The van der Waals surface area contributed by atoms with Gasteiger partial charge in [-0.05, 0) is 34.1 Å². The van der Waals surface area contributed by atoms with Gasteiger partial charge in [0.2, 0.25) is 5.91 Å². The number of carbonyl (C=O) groups is 1. The monoisotopic (exact) mass is 269 g/mol. The highest BCUT2D eigenvalue weighted by Gasteiger charge is 2.41. The number of aromatic nitrogens is 1. The topological polar surface area (TPSA) is 68.0 Å². The molecule has 1 heterocycles. The van der Waals surface area contributed by atoms with Crippen LogP contribution in [0, 0.1) is 5.41 Å². The molecular formula is C13H23N3OS. The lowest BCUT2D eigenvalue weighted by Gasteiger charge is -2.37. The lowest BCUT2D eigenvalue weighted by Crippen LogP contribution is -2.55. The summed E-state index contributed by atoms with van der Waals surface area (Å²) in [5.41, 5.74) is 4.88. The predicted octanol–water partition coefficient (Wildman–Crippen LogP) is 2.47. The molecule has 0 saturated carbocycles. The van der Waals surface area contributed by atoms with Crippen molar-refractivity contribution >= 4 is 17.2 Å². The van der Waals surface area contributed by atoms with E-state index < -0.39 is 11.0 Å². The minimum absolute atomic E-state index is 0.0286. The molecule has 1 atom stereocenters. The number of hydrogen-bond donors (Lipinski definition) is 2. The number of hydrogen-bond acceptors (Lipinski definition) is 4. The summed E-state index contributed by atoms with van der Waals surface area (Å²) in [6, 6.07) is -0.0286. The van der Waals surface area contributed by atoms with E-state index in [9.17, 15) is 4.79 Å². The zero-order chi connectivity index (χ0) is 14.0. The first-order chi connectivity index (χ1) is 8.20. The van der Waals surface area contributed by atoms with E-state index in [4.69, 9.17) is 5.73 Å². The molecule has 0 aromatic carbocycles. The van der Waals surface area contributed by atoms with Crippen LogP contribution in [0.5, 0.6) is 0 Å². The van der Waals surface area contributed by atoms with Crippen LogP contribution >= 0.6 is 11.3 Å². The van der Waals surface area contributed by atoms with Crippen molar-refractivity contribution in [3.05, 3.63) is 16.6 Å². The summed E-state index contributed by atoms with van der Waals surface area (Å²) in [7, 11) is 0. The van der Waals surface area contributed by atoms with E-state index in [0.29, 0.717) is 0 Å². The molecule has 1 aromatic rings. The molecule has 102 valence electrons. The number of carbonyl (C=O) groups excluding carboxylic acids is 1. The Balaban J connectivity index is 2.81. The highest BCUT2D eigenvalue weighted by molar-refractivity contribution is 7.09. The van der Waals surface area contributed by atoms with Crippen LogP contribution in [0.1, 0.15) is 52.1 Å². The molecular weight excluding hydrogens is 246 g/mol. The number of nitrogens with zero attached hydrogens (tertiary/aromatic N) is 1. The maximum Gasteiger partial charge on any atom is 0.228 e. The number of rotatable bonds is 5.